The number of halogens is 1. The summed E-state index contributed by atoms with van der Waals surface area (Å²) in [6, 6.07) is 3.98. The number of benzene rings is 1. The minimum absolute atomic E-state index is 0.159. The zero-order valence-electron chi connectivity index (χ0n) is 13.7. The minimum atomic E-state index is -0.756. The third-order valence-corrected chi connectivity index (χ3v) is 3.94. The van der Waals surface area contributed by atoms with Crippen molar-refractivity contribution in [1.29, 1.82) is 0 Å². The first-order valence-electron chi connectivity index (χ1n) is 7.88. The smallest absolute Gasteiger partial charge is 0.329 e. The van der Waals surface area contributed by atoms with Gasteiger partial charge in [0.25, 0.3) is 5.91 Å². The molecule has 0 N–H and O–H groups in total. The number of Topliss-reactive ketones (excluding diaryl/α,β-unsaturated/α-hetero) is 1. The number of nitrogens with zero attached hydrogens (tertiary/aromatic N) is 1. The molecule has 7 heteroatoms. The number of hydrogen-bond donors (Lipinski definition) is 0. The predicted molar refractivity (Wildman–Crippen MR) is 89.8 cm³/mol. The summed E-state index contributed by atoms with van der Waals surface area (Å²) in [4.78, 5) is 37.9. The first-order valence-corrected chi connectivity index (χ1v) is 8.41. The van der Waals surface area contributed by atoms with Crippen LogP contribution in [0.2, 0.25) is 0 Å². The van der Waals surface area contributed by atoms with Crippen LogP contribution in [0.1, 0.15) is 37.0 Å². The van der Waals surface area contributed by atoms with Crippen LogP contribution in [-0.4, -0.2) is 42.8 Å². The van der Waals surface area contributed by atoms with Crippen molar-refractivity contribution in [3.63, 3.8) is 0 Å². The number of fused-ring (bicyclic) bond motifs is 1. The number of ether oxygens (including phenoxy) is 2. The predicted octanol–water partition coefficient (Wildman–Crippen LogP) is 2.57. The van der Waals surface area contributed by atoms with E-state index in [4.69, 9.17) is 21.1 Å². The van der Waals surface area contributed by atoms with Gasteiger partial charge in [0.05, 0.1) is 18.2 Å². The van der Waals surface area contributed by atoms with Crippen LogP contribution < -0.4 is 9.64 Å². The summed E-state index contributed by atoms with van der Waals surface area (Å²) in [6.45, 7) is 3.83. The Morgan fingerprint density at radius 2 is 2.12 bits per heavy atom. The van der Waals surface area contributed by atoms with Gasteiger partial charge >= 0.3 is 5.97 Å². The molecule has 0 saturated carbocycles. The summed E-state index contributed by atoms with van der Waals surface area (Å²) >= 11 is 5.60. The molecular formula is C17H20ClNO5. The highest BCUT2D eigenvalue weighted by molar-refractivity contribution is 6.30. The lowest BCUT2D eigenvalue weighted by Gasteiger charge is -2.34. The van der Waals surface area contributed by atoms with Gasteiger partial charge in [-0.15, -0.1) is 11.6 Å². The third kappa shape index (κ3) is 3.70. The van der Waals surface area contributed by atoms with Gasteiger partial charge in [-0.25, -0.2) is 4.79 Å². The average Bonchev–Trinajstić information content (AvgIpc) is 2.61. The number of rotatable bonds is 7. The molecular weight excluding hydrogens is 334 g/mol. The van der Waals surface area contributed by atoms with Crippen molar-refractivity contribution in [3.8, 4) is 5.75 Å². The summed E-state index contributed by atoms with van der Waals surface area (Å²) < 4.78 is 10.6. The molecule has 6 nitrogen and oxygen atoms in total. The molecule has 24 heavy (non-hydrogen) atoms. The van der Waals surface area contributed by atoms with E-state index in [0.717, 1.165) is 0 Å². The van der Waals surface area contributed by atoms with E-state index in [1.165, 1.54) is 11.0 Å². The van der Waals surface area contributed by atoms with Crippen molar-refractivity contribution in [1.82, 2.24) is 0 Å². The van der Waals surface area contributed by atoms with Gasteiger partial charge in [-0.3, -0.25) is 14.5 Å². The Balaban J connectivity index is 2.41. The van der Waals surface area contributed by atoms with Crippen LogP contribution >= 0.6 is 11.6 Å². The first-order chi connectivity index (χ1) is 11.5. The van der Waals surface area contributed by atoms with E-state index in [-0.39, 0.29) is 24.2 Å². The molecule has 0 aliphatic carbocycles. The van der Waals surface area contributed by atoms with Crippen molar-refractivity contribution >= 4 is 34.9 Å². The van der Waals surface area contributed by atoms with Crippen LogP contribution in [0.15, 0.2) is 18.2 Å². The molecule has 1 aliphatic rings. The number of anilines is 1. The first kappa shape index (κ1) is 18.3. The van der Waals surface area contributed by atoms with E-state index < -0.39 is 12.0 Å². The molecule has 1 unspecified atom stereocenters. The molecule has 0 spiro atoms. The third-order valence-electron chi connectivity index (χ3n) is 3.70. The molecule has 2 rings (SSSR count). The van der Waals surface area contributed by atoms with E-state index in [9.17, 15) is 14.4 Å². The Morgan fingerprint density at radius 1 is 1.38 bits per heavy atom. The second-order valence-electron chi connectivity index (χ2n) is 5.38. The zero-order valence-corrected chi connectivity index (χ0v) is 14.5. The summed E-state index contributed by atoms with van der Waals surface area (Å²) in [5.74, 6) is -0.794. The Morgan fingerprint density at radius 3 is 2.75 bits per heavy atom. The number of carbonyl (C=O) groups excluding carboxylic acids is 3. The van der Waals surface area contributed by atoms with Crippen molar-refractivity contribution < 1.29 is 23.9 Å². The van der Waals surface area contributed by atoms with Crippen molar-refractivity contribution in [2.45, 2.75) is 32.7 Å². The van der Waals surface area contributed by atoms with Gasteiger partial charge < -0.3 is 9.47 Å². The van der Waals surface area contributed by atoms with Crippen LogP contribution in [0.3, 0.4) is 0 Å². The number of carbonyl (C=O) groups is 3. The molecule has 130 valence electrons. The SMILES string of the molecule is CCCOC(=O)C(CC)N1C(=O)COc2ccc(C(=O)CCl)cc21. The monoisotopic (exact) mass is 353 g/mol. The number of ketones is 1. The van der Waals surface area contributed by atoms with Crippen LogP contribution in [0.5, 0.6) is 5.75 Å². The lowest BCUT2D eigenvalue weighted by molar-refractivity contribution is -0.146. The molecule has 0 fully saturated rings. The number of alkyl halides is 1. The van der Waals surface area contributed by atoms with E-state index in [1.54, 1.807) is 19.1 Å². The van der Waals surface area contributed by atoms with Gasteiger partial charge in [0.2, 0.25) is 0 Å². The molecule has 1 aliphatic heterocycles. The zero-order chi connectivity index (χ0) is 17.7. The van der Waals surface area contributed by atoms with Gasteiger partial charge in [-0.1, -0.05) is 13.8 Å². The summed E-state index contributed by atoms with van der Waals surface area (Å²) in [7, 11) is 0. The molecule has 0 bridgehead atoms. The number of hydrogen-bond acceptors (Lipinski definition) is 5. The van der Waals surface area contributed by atoms with Crippen LogP contribution in [0.4, 0.5) is 5.69 Å². The van der Waals surface area contributed by atoms with Gasteiger partial charge in [-0.05, 0) is 31.0 Å². The minimum Gasteiger partial charge on any atom is -0.482 e. The van der Waals surface area contributed by atoms with Gasteiger partial charge in [0.1, 0.15) is 11.8 Å². The quantitative estimate of drug-likeness (QED) is 0.428. The number of amides is 1. The van der Waals surface area contributed by atoms with Gasteiger partial charge in [0.15, 0.2) is 12.4 Å². The Labute approximate surface area is 145 Å². The fourth-order valence-corrected chi connectivity index (χ4v) is 2.67. The lowest BCUT2D eigenvalue weighted by Crippen LogP contribution is -2.50. The molecule has 0 aromatic heterocycles. The van der Waals surface area contributed by atoms with Gasteiger partial charge in [0, 0.05) is 5.56 Å². The van der Waals surface area contributed by atoms with Crippen LogP contribution in [-0.2, 0) is 14.3 Å². The lowest BCUT2D eigenvalue weighted by atomic mass is 10.1. The maximum atomic E-state index is 12.4. The van der Waals surface area contributed by atoms with E-state index in [2.05, 4.69) is 0 Å². The molecule has 0 saturated heterocycles. The normalized spacial score (nSPS) is 14.6. The second-order valence-corrected chi connectivity index (χ2v) is 5.65. The van der Waals surface area contributed by atoms with Crippen LogP contribution in [0, 0.1) is 0 Å². The summed E-state index contributed by atoms with van der Waals surface area (Å²) in [6.07, 6.45) is 1.09. The molecule has 1 aromatic rings. The standard InChI is InChI=1S/C17H20ClNO5/c1-3-7-23-17(22)12(4-2)19-13-8-11(14(20)9-18)5-6-15(13)24-10-16(19)21/h5-6,8,12H,3-4,7,9-10H2,1-2H3. The average molecular weight is 354 g/mol. The maximum Gasteiger partial charge on any atom is 0.329 e. The Hall–Kier alpha value is -2.08. The fraction of sp³-hybridized carbons (Fsp3) is 0.471. The molecule has 0 radical (unpaired) electrons. The highest BCUT2D eigenvalue weighted by atomic mass is 35.5. The highest BCUT2D eigenvalue weighted by Gasteiger charge is 2.36. The number of esters is 1. The fourth-order valence-electron chi connectivity index (χ4n) is 2.52. The molecule has 1 atom stereocenters. The Kier molecular flexibility index (Phi) is 6.20. The van der Waals surface area contributed by atoms with Crippen LogP contribution in [0.25, 0.3) is 0 Å². The van der Waals surface area contributed by atoms with E-state index in [1.807, 2.05) is 6.92 Å². The van der Waals surface area contributed by atoms with Gasteiger partial charge in [-0.2, -0.15) is 0 Å². The molecule has 1 heterocycles. The summed E-state index contributed by atoms with van der Waals surface area (Å²) in [5, 5.41) is 0. The maximum absolute atomic E-state index is 12.4. The largest absolute Gasteiger partial charge is 0.482 e. The topological polar surface area (TPSA) is 72.9 Å². The van der Waals surface area contributed by atoms with Crippen molar-refractivity contribution in [2.24, 2.45) is 0 Å². The van der Waals surface area contributed by atoms with E-state index in [0.29, 0.717) is 36.4 Å². The molecule has 1 aromatic carbocycles. The van der Waals surface area contributed by atoms with Crippen molar-refractivity contribution in [3.05, 3.63) is 23.8 Å². The molecule has 1 amide bonds. The second kappa shape index (κ2) is 8.15. The summed E-state index contributed by atoms with van der Waals surface area (Å²) in [5.41, 5.74) is 0.756. The van der Waals surface area contributed by atoms with Crippen molar-refractivity contribution in [2.75, 3.05) is 24.0 Å². The Bertz CT molecular complexity index is 646. The van der Waals surface area contributed by atoms with E-state index >= 15 is 0 Å². The highest BCUT2D eigenvalue weighted by Crippen LogP contribution is 2.35.